The van der Waals surface area contributed by atoms with E-state index in [1.807, 2.05) is 13.2 Å². The molecule has 0 saturated carbocycles. The minimum Gasteiger partial charge on any atom is -0.395 e. The van der Waals surface area contributed by atoms with Gasteiger partial charge in [-0.05, 0) is 6.26 Å². The van der Waals surface area contributed by atoms with E-state index >= 15 is 0 Å². The predicted molar refractivity (Wildman–Crippen MR) is 78.5 cm³/mol. The molecule has 1 fully saturated rings. The zero-order chi connectivity index (χ0) is 14.1. The van der Waals surface area contributed by atoms with Gasteiger partial charge in [0.15, 0.2) is 0 Å². The van der Waals surface area contributed by atoms with Crippen molar-refractivity contribution in [3.05, 3.63) is 0 Å². The number of aliphatic hydroxyl groups is 1. The van der Waals surface area contributed by atoms with Gasteiger partial charge in [-0.1, -0.05) is 6.92 Å². The van der Waals surface area contributed by atoms with Crippen LogP contribution in [-0.4, -0.2) is 85.4 Å². The zero-order valence-corrected chi connectivity index (χ0v) is 12.8. The maximum Gasteiger partial charge on any atom is 0.226 e. The summed E-state index contributed by atoms with van der Waals surface area (Å²) in [5.41, 5.74) is 0. The average Bonchev–Trinajstić information content (AvgIpc) is 2.44. The highest BCUT2D eigenvalue weighted by Gasteiger charge is 2.20. The Labute approximate surface area is 120 Å². The van der Waals surface area contributed by atoms with Gasteiger partial charge in [0.2, 0.25) is 5.91 Å². The Morgan fingerprint density at radius 3 is 2.68 bits per heavy atom. The SMILES string of the molecule is CSC[C@H](C)C(=O)N(CCO)CCN1CCOCC1. The highest BCUT2D eigenvalue weighted by Crippen LogP contribution is 2.09. The Bertz CT molecular complexity index is 260. The van der Waals surface area contributed by atoms with E-state index in [2.05, 4.69) is 4.90 Å². The third-order valence-corrected chi connectivity index (χ3v) is 4.14. The van der Waals surface area contributed by atoms with Crippen molar-refractivity contribution >= 4 is 17.7 Å². The number of ether oxygens (including phenoxy) is 1. The molecule has 0 aromatic carbocycles. The number of nitrogens with zero attached hydrogens (tertiary/aromatic N) is 2. The Morgan fingerprint density at radius 2 is 2.11 bits per heavy atom. The van der Waals surface area contributed by atoms with Crippen LogP contribution >= 0.6 is 11.8 Å². The molecule has 19 heavy (non-hydrogen) atoms. The van der Waals surface area contributed by atoms with Gasteiger partial charge in [-0.15, -0.1) is 0 Å². The van der Waals surface area contributed by atoms with E-state index in [9.17, 15) is 4.79 Å². The van der Waals surface area contributed by atoms with Gasteiger partial charge in [0.05, 0.1) is 19.8 Å². The highest BCUT2D eigenvalue weighted by molar-refractivity contribution is 7.98. The van der Waals surface area contributed by atoms with Crippen molar-refractivity contribution in [1.82, 2.24) is 9.80 Å². The molecule has 6 heteroatoms. The second kappa shape index (κ2) is 9.58. The van der Waals surface area contributed by atoms with Crippen molar-refractivity contribution in [1.29, 1.82) is 0 Å². The van der Waals surface area contributed by atoms with Crippen molar-refractivity contribution < 1.29 is 14.6 Å². The standard InChI is InChI=1S/C13H26N2O3S/c1-12(11-19-2)13(17)15(5-8-16)4-3-14-6-9-18-10-7-14/h12,16H,3-11H2,1-2H3/t12-/m0/s1. The third kappa shape index (κ3) is 6.12. The molecular formula is C13H26N2O3S. The van der Waals surface area contributed by atoms with Gasteiger partial charge in [0.25, 0.3) is 0 Å². The molecule has 0 radical (unpaired) electrons. The molecule has 0 aromatic heterocycles. The van der Waals surface area contributed by atoms with Crippen molar-refractivity contribution in [2.45, 2.75) is 6.92 Å². The zero-order valence-electron chi connectivity index (χ0n) is 12.0. The van der Waals surface area contributed by atoms with Crippen LogP contribution in [0.2, 0.25) is 0 Å². The first kappa shape index (κ1) is 16.8. The summed E-state index contributed by atoms with van der Waals surface area (Å²) in [5.74, 6) is 1.00. The summed E-state index contributed by atoms with van der Waals surface area (Å²) in [6.45, 7) is 7.39. The average molecular weight is 290 g/mol. The number of hydrogen-bond acceptors (Lipinski definition) is 5. The molecule has 112 valence electrons. The quantitative estimate of drug-likeness (QED) is 0.689. The first-order valence-electron chi connectivity index (χ1n) is 6.87. The minimum absolute atomic E-state index is 0.0197. The van der Waals surface area contributed by atoms with E-state index in [-0.39, 0.29) is 18.4 Å². The van der Waals surface area contributed by atoms with Gasteiger partial charge in [-0.25, -0.2) is 0 Å². The van der Waals surface area contributed by atoms with Crippen molar-refractivity contribution in [3.63, 3.8) is 0 Å². The van der Waals surface area contributed by atoms with E-state index in [1.165, 1.54) is 0 Å². The van der Waals surface area contributed by atoms with Crippen molar-refractivity contribution in [2.24, 2.45) is 5.92 Å². The number of amides is 1. The third-order valence-electron chi connectivity index (χ3n) is 3.31. The van der Waals surface area contributed by atoms with Gasteiger partial charge in [0.1, 0.15) is 0 Å². The maximum absolute atomic E-state index is 12.3. The lowest BCUT2D eigenvalue weighted by atomic mass is 10.2. The van der Waals surface area contributed by atoms with Crippen LogP contribution in [0.4, 0.5) is 0 Å². The summed E-state index contributed by atoms with van der Waals surface area (Å²) in [6.07, 6.45) is 2.01. The first-order chi connectivity index (χ1) is 9.19. The molecule has 1 amide bonds. The number of hydrogen-bond donors (Lipinski definition) is 1. The van der Waals surface area contributed by atoms with E-state index in [0.29, 0.717) is 13.1 Å². The van der Waals surface area contributed by atoms with Crippen LogP contribution in [0.1, 0.15) is 6.92 Å². The lowest BCUT2D eigenvalue weighted by Gasteiger charge is -2.31. The number of rotatable bonds is 8. The molecule has 1 N–H and O–H groups in total. The Morgan fingerprint density at radius 1 is 1.42 bits per heavy atom. The van der Waals surface area contributed by atoms with Crippen LogP contribution in [-0.2, 0) is 9.53 Å². The molecule has 0 bridgehead atoms. The fraction of sp³-hybridized carbons (Fsp3) is 0.923. The highest BCUT2D eigenvalue weighted by atomic mass is 32.2. The molecule has 0 unspecified atom stereocenters. The lowest BCUT2D eigenvalue weighted by Crippen LogP contribution is -2.45. The topological polar surface area (TPSA) is 53.0 Å². The van der Waals surface area contributed by atoms with Gasteiger partial charge in [0, 0.05) is 44.4 Å². The number of morpholine rings is 1. The van der Waals surface area contributed by atoms with Gasteiger partial charge < -0.3 is 14.7 Å². The number of carbonyl (C=O) groups is 1. The van der Waals surface area contributed by atoms with Crippen LogP contribution in [0.5, 0.6) is 0 Å². The molecular weight excluding hydrogens is 264 g/mol. The summed E-state index contributed by atoms with van der Waals surface area (Å²) in [4.78, 5) is 16.3. The Kier molecular flexibility index (Phi) is 8.45. The summed E-state index contributed by atoms with van der Waals surface area (Å²) in [6, 6.07) is 0. The summed E-state index contributed by atoms with van der Waals surface area (Å²) in [7, 11) is 0. The van der Waals surface area contributed by atoms with Crippen molar-refractivity contribution in [2.75, 3.05) is 64.6 Å². The van der Waals surface area contributed by atoms with Crippen LogP contribution in [0, 0.1) is 5.92 Å². The minimum atomic E-state index is 0.0197. The number of aliphatic hydroxyl groups excluding tert-OH is 1. The largest absolute Gasteiger partial charge is 0.395 e. The Balaban J connectivity index is 2.39. The molecule has 1 aliphatic rings. The number of thioether (sulfide) groups is 1. The van der Waals surface area contributed by atoms with Gasteiger partial charge in [-0.2, -0.15) is 11.8 Å². The van der Waals surface area contributed by atoms with E-state index in [4.69, 9.17) is 9.84 Å². The number of carbonyl (C=O) groups excluding carboxylic acids is 1. The second-order valence-electron chi connectivity index (χ2n) is 4.86. The van der Waals surface area contributed by atoms with E-state index in [1.54, 1.807) is 16.7 Å². The molecule has 5 nitrogen and oxygen atoms in total. The van der Waals surface area contributed by atoms with Crippen LogP contribution < -0.4 is 0 Å². The summed E-state index contributed by atoms with van der Waals surface area (Å²) >= 11 is 1.68. The molecule has 0 aromatic rings. The predicted octanol–water partition coefficient (Wildman–Crippen LogP) is 0.139. The monoisotopic (exact) mass is 290 g/mol. The molecule has 0 spiro atoms. The van der Waals surface area contributed by atoms with E-state index < -0.39 is 0 Å². The fourth-order valence-corrected chi connectivity index (χ4v) is 2.82. The molecule has 1 atom stereocenters. The van der Waals surface area contributed by atoms with Gasteiger partial charge in [-0.3, -0.25) is 9.69 Å². The fourth-order valence-electron chi connectivity index (χ4n) is 2.17. The molecule has 1 aliphatic heterocycles. The molecule has 1 saturated heterocycles. The lowest BCUT2D eigenvalue weighted by molar-refractivity contribution is -0.135. The van der Waals surface area contributed by atoms with Crippen LogP contribution in [0.3, 0.4) is 0 Å². The maximum atomic E-state index is 12.3. The van der Waals surface area contributed by atoms with Gasteiger partial charge >= 0.3 is 0 Å². The summed E-state index contributed by atoms with van der Waals surface area (Å²) in [5, 5.41) is 9.10. The normalized spacial score (nSPS) is 18.3. The van der Waals surface area contributed by atoms with E-state index in [0.717, 1.165) is 38.6 Å². The molecule has 0 aliphatic carbocycles. The molecule has 1 heterocycles. The van der Waals surface area contributed by atoms with Crippen molar-refractivity contribution in [3.8, 4) is 0 Å². The molecule has 1 rings (SSSR count). The summed E-state index contributed by atoms with van der Waals surface area (Å²) < 4.78 is 5.31. The second-order valence-corrected chi connectivity index (χ2v) is 5.77. The smallest absolute Gasteiger partial charge is 0.226 e. The Hall–Kier alpha value is -0.300. The van der Waals surface area contributed by atoms with Crippen LogP contribution in [0.25, 0.3) is 0 Å². The van der Waals surface area contributed by atoms with Crippen LogP contribution in [0.15, 0.2) is 0 Å². The first-order valence-corrected chi connectivity index (χ1v) is 8.27.